The van der Waals surface area contributed by atoms with Crippen molar-refractivity contribution in [3.8, 4) is 11.3 Å². The molecule has 0 aliphatic rings. The number of benzene rings is 4. The Balaban J connectivity index is 1.60. The minimum atomic E-state index is 0.995. The van der Waals surface area contributed by atoms with E-state index < -0.39 is 0 Å². The maximum absolute atomic E-state index is 4.90. The third-order valence-corrected chi connectivity index (χ3v) is 5.58. The summed E-state index contributed by atoms with van der Waals surface area (Å²) in [5.74, 6) is 0. The number of aryl methyl sites for hydroxylation is 2. The van der Waals surface area contributed by atoms with Crippen molar-refractivity contribution in [2.75, 3.05) is 4.90 Å². The molecule has 0 unspecified atom stereocenters. The Morgan fingerprint density at radius 3 is 1.74 bits per heavy atom. The first-order valence-electron chi connectivity index (χ1n) is 10.6. The van der Waals surface area contributed by atoms with Crippen LogP contribution in [-0.2, 0) is 0 Å². The van der Waals surface area contributed by atoms with Crippen LogP contribution in [0.15, 0.2) is 109 Å². The van der Waals surface area contributed by atoms with E-state index in [1.54, 1.807) is 0 Å². The highest BCUT2D eigenvalue weighted by Gasteiger charge is 2.13. The molecule has 0 aliphatic heterocycles. The van der Waals surface area contributed by atoms with Gasteiger partial charge < -0.3 is 4.90 Å². The predicted molar refractivity (Wildman–Crippen MR) is 131 cm³/mol. The van der Waals surface area contributed by atoms with E-state index >= 15 is 0 Å². The largest absolute Gasteiger partial charge is 0.310 e. The molecule has 0 spiro atoms. The Morgan fingerprint density at radius 2 is 1.13 bits per heavy atom. The van der Waals surface area contributed by atoms with Crippen molar-refractivity contribution < 1.29 is 0 Å². The molecule has 5 aromatic rings. The average molecular weight is 401 g/mol. The van der Waals surface area contributed by atoms with E-state index in [-0.39, 0.29) is 0 Å². The summed E-state index contributed by atoms with van der Waals surface area (Å²) >= 11 is 0. The topological polar surface area (TPSA) is 16.1 Å². The molecule has 0 radical (unpaired) electrons. The number of anilines is 3. The van der Waals surface area contributed by atoms with Crippen molar-refractivity contribution in [1.29, 1.82) is 0 Å². The molecule has 0 N–H and O–H groups in total. The van der Waals surface area contributed by atoms with E-state index in [1.807, 2.05) is 18.2 Å². The van der Waals surface area contributed by atoms with Gasteiger partial charge in [0, 0.05) is 28.0 Å². The molecule has 0 atom stereocenters. The molecule has 0 saturated carbocycles. The molecule has 150 valence electrons. The lowest BCUT2D eigenvalue weighted by Gasteiger charge is -2.26. The number of aromatic nitrogens is 1. The minimum Gasteiger partial charge on any atom is -0.310 e. The van der Waals surface area contributed by atoms with Crippen LogP contribution < -0.4 is 4.90 Å². The smallest absolute Gasteiger partial charge is 0.0711 e. The van der Waals surface area contributed by atoms with Crippen LogP contribution in [0.2, 0.25) is 0 Å². The van der Waals surface area contributed by atoms with Crippen molar-refractivity contribution in [1.82, 2.24) is 4.98 Å². The molecule has 2 heteroatoms. The summed E-state index contributed by atoms with van der Waals surface area (Å²) in [4.78, 5) is 7.19. The number of nitrogens with zero attached hydrogens (tertiary/aromatic N) is 2. The van der Waals surface area contributed by atoms with Crippen LogP contribution in [0.4, 0.5) is 17.1 Å². The zero-order valence-corrected chi connectivity index (χ0v) is 17.8. The van der Waals surface area contributed by atoms with Crippen molar-refractivity contribution in [2.24, 2.45) is 0 Å². The number of fused-ring (bicyclic) bond motifs is 1. The van der Waals surface area contributed by atoms with Crippen molar-refractivity contribution in [3.63, 3.8) is 0 Å². The van der Waals surface area contributed by atoms with Gasteiger partial charge in [0.2, 0.25) is 0 Å². The molecular weight excluding hydrogens is 376 g/mol. The van der Waals surface area contributed by atoms with E-state index in [0.29, 0.717) is 0 Å². The fourth-order valence-corrected chi connectivity index (χ4v) is 3.86. The highest BCUT2D eigenvalue weighted by Crippen LogP contribution is 2.36. The summed E-state index contributed by atoms with van der Waals surface area (Å²) in [6.07, 6.45) is 0. The zero-order valence-electron chi connectivity index (χ0n) is 17.8. The van der Waals surface area contributed by atoms with Gasteiger partial charge in [0.05, 0.1) is 11.2 Å². The second-order valence-corrected chi connectivity index (χ2v) is 7.95. The lowest BCUT2D eigenvalue weighted by molar-refractivity contribution is 1.27. The van der Waals surface area contributed by atoms with Gasteiger partial charge in [-0.05, 0) is 62.4 Å². The number of hydrogen-bond acceptors (Lipinski definition) is 2. The summed E-state index contributed by atoms with van der Waals surface area (Å²) in [5, 5.41) is 1.13. The predicted octanol–water partition coefficient (Wildman–Crippen LogP) is 7.99. The summed E-state index contributed by atoms with van der Waals surface area (Å²) in [6, 6.07) is 38.4. The molecule has 31 heavy (non-hydrogen) atoms. The van der Waals surface area contributed by atoms with E-state index in [9.17, 15) is 0 Å². The van der Waals surface area contributed by atoms with Crippen LogP contribution in [-0.4, -0.2) is 4.98 Å². The van der Waals surface area contributed by atoms with Gasteiger partial charge in [-0.1, -0.05) is 71.8 Å². The van der Waals surface area contributed by atoms with Crippen molar-refractivity contribution in [2.45, 2.75) is 13.8 Å². The van der Waals surface area contributed by atoms with Crippen LogP contribution in [0.1, 0.15) is 11.1 Å². The van der Waals surface area contributed by atoms with Gasteiger partial charge in [-0.2, -0.15) is 0 Å². The van der Waals surface area contributed by atoms with Crippen LogP contribution in [0.3, 0.4) is 0 Å². The molecule has 5 rings (SSSR count). The molecule has 4 aromatic carbocycles. The average Bonchev–Trinajstić information content (AvgIpc) is 2.82. The maximum Gasteiger partial charge on any atom is 0.0711 e. The minimum absolute atomic E-state index is 0.995. The van der Waals surface area contributed by atoms with Crippen LogP contribution in [0, 0.1) is 13.8 Å². The normalized spacial score (nSPS) is 10.9. The van der Waals surface area contributed by atoms with Crippen molar-refractivity contribution >= 4 is 28.0 Å². The van der Waals surface area contributed by atoms with Crippen LogP contribution in [0.25, 0.3) is 22.2 Å². The summed E-state index contributed by atoms with van der Waals surface area (Å²) < 4.78 is 0. The van der Waals surface area contributed by atoms with E-state index in [2.05, 4.69) is 110 Å². The number of hydrogen-bond donors (Lipinski definition) is 0. The Labute approximate surface area is 183 Å². The lowest BCUT2D eigenvalue weighted by atomic mass is 10.1. The maximum atomic E-state index is 4.90. The Hall–Kier alpha value is -3.91. The summed E-state index contributed by atoms with van der Waals surface area (Å²) in [6.45, 7) is 4.23. The number of pyridine rings is 1. The van der Waals surface area contributed by atoms with E-state index in [1.165, 1.54) is 11.1 Å². The fourth-order valence-electron chi connectivity index (χ4n) is 3.86. The van der Waals surface area contributed by atoms with Gasteiger partial charge in [0.15, 0.2) is 0 Å². The van der Waals surface area contributed by atoms with Crippen LogP contribution >= 0.6 is 0 Å². The molecule has 0 bridgehead atoms. The van der Waals surface area contributed by atoms with Gasteiger partial charge in [-0.15, -0.1) is 0 Å². The van der Waals surface area contributed by atoms with Crippen molar-refractivity contribution in [3.05, 3.63) is 120 Å². The van der Waals surface area contributed by atoms with Gasteiger partial charge in [0.25, 0.3) is 0 Å². The zero-order chi connectivity index (χ0) is 21.2. The Morgan fingerprint density at radius 1 is 0.548 bits per heavy atom. The first kappa shape index (κ1) is 19.1. The second kappa shape index (κ2) is 8.08. The fraction of sp³-hybridized carbons (Fsp3) is 0.0690. The molecule has 0 aliphatic carbocycles. The molecular formula is C29H24N2. The Kier molecular flexibility index (Phi) is 4.97. The van der Waals surface area contributed by atoms with Crippen LogP contribution in [0.5, 0.6) is 0 Å². The van der Waals surface area contributed by atoms with Gasteiger partial charge in [-0.3, -0.25) is 0 Å². The summed E-state index contributed by atoms with van der Waals surface area (Å²) in [5.41, 5.74) is 9.04. The molecule has 1 heterocycles. The molecule has 0 saturated heterocycles. The molecule has 0 amide bonds. The SMILES string of the molecule is Cc1ccc(N(c2ccc(C)cc2)c2ccc3nc(-c4ccccc4)ccc3c2)cc1. The summed E-state index contributed by atoms with van der Waals surface area (Å²) in [7, 11) is 0. The quantitative estimate of drug-likeness (QED) is 0.304. The second-order valence-electron chi connectivity index (χ2n) is 7.95. The molecule has 1 aromatic heterocycles. The number of rotatable bonds is 4. The first-order valence-corrected chi connectivity index (χ1v) is 10.6. The lowest BCUT2D eigenvalue weighted by Crippen LogP contribution is -2.10. The van der Waals surface area contributed by atoms with Gasteiger partial charge in [-0.25, -0.2) is 4.98 Å². The van der Waals surface area contributed by atoms with E-state index in [0.717, 1.165) is 39.2 Å². The first-order chi connectivity index (χ1) is 15.2. The highest BCUT2D eigenvalue weighted by atomic mass is 15.1. The molecule has 0 fully saturated rings. The van der Waals surface area contributed by atoms with Gasteiger partial charge >= 0.3 is 0 Å². The molecule has 2 nitrogen and oxygen atoms in total. The van der Waals surface area contributed by atoms with Gasteiger partial charge in [0.1, 0.15) is 0 Å². The highest BCUT2D eigenvalue weighted by molar-refractivity contribution is 5.88. The standard InChI is InChI=1S/C29H24N2/c1-21-8-13-25(14-9-21)31(26-15-10-22(2)11-16-26)27-17-19-29-24(20-27)12-18-28(30-29)23-6-4-3-5-7-23/h3-20H,1-2H3. The monoisotopic (exact) mass is 400 g/mol. The third kappa shape index (κ3) is 3.93. The van der Waals surface area contributed by atoms with E-state index in [4.69, 9.17) is 4.98 Å². The third-order valence-electron chi connectivity index (χ3n) is 5.58. The Bertz CT molecular complexity index is 1280.